The fourth-order valence-electron chi connectivity index (χ4n) is 2.18. The molecule has 1 heterocycles. The van der Waals surface area contributed by atoms with Crippen LogP contribution in [0.4, 0.5) is 5.69 Å². The molecule has 2 rings (SSSR count). The van der Waals surface area contributed by atoms with Crippen molar-refractivity contribution in [3.8, 4) is 0 Å². The van der Waals surface area contributed by atoms with E-state index in [1.54, 1.807) is 11.3 Å². The van der Waals surface area contributed by atoms with Crippen LogP contribution >= 0.6 is 22.9 Å². The molecular formula is C16H21ClN2S. The van der Waals surface area contributed by atoms with Gasteiger partial charge in [0.1, 0.15) is 0 Å². The summed E-state index contributed by atoms with van der Waals surface area (Å²) in [4.78, 5) is 2.22. The molecule has 108 valence electrons. The molecule has 0 aliphatic heterocycles. The van der Waals surface area contributed by atoms with Crippen LogP contribution in [-0.4, -0.2) is 13.1 Å². The first kappa shape index (κ1) is 15.4. The molecule has 0 aliphatic carbocycles. The Balaban J connectivity index is 2.19. The van der Waals surface area contributed by atoms with E-state index >= 15 is 0 Å². The van der Waals surface area contributed by atoms with Crippen molar-refractivity contribution < 1.29 is 0 Å². The zero-order chi connectivity index (χ0) is 14.5. The molecule has 0 unspecified atom stereocenters. The van der Waals surface area contributed by atoms with Gasteiger partial charge in [0.2, 0.25) is 0 Å². The number of thiophene rings is 1. The Hall–Kier alpha value is -1.03. The van der Waals surface area contributed by atoms with Crippen molar-refractivity contribution in [2.45, 2.75) is 33.0 Å². The largest absolute Gasteiger partial charge is 0.369 e. The molecule has 0 aliphatic rings. The topological polar surface area (TPSA) is 15.3 Å². The van der Waals surface area contributed by atoms with E-state index in [1.807, 2.05) is 12.1 Å². The minimum Gasteiger partial charge on any atom is -0.369 e. The molecule has 2 nitrogen and oxygen atoms in total. The third kappa shape index (κ3) is 3.98. The monoisotopic (exact) mass is 308 g/mol. The molecule has 0 fully saturated rings. The lowest BCUT2D eigenvalue weighted by molar-refractivity contribution is 0.588. The Bertz CT molecular complexity index is 537. The first-order valence-corrected chi connectivity index (χ1v) is 8.13. The molecule has 1 aromatic heterocycles. The molecule has 0 atom stereocenters. The summed E-state index contributed by atoms with van der Waals surface area (Å²) in [5.74, 6) is 0. The highest BCUT2D eigenvalue weighted by Gasteiger charge is 2.12. The highest BCUT2D eigenvalue weighted by atomic mass is 35.5. The highest BCUT2D eigenvalue weighted by molar-refractivity contribution is 7.07. The quantitative estimate of drug-likeness (QED) is 0.843. The number of halogens is 1. The van der Waals surface area contributed by atoms with Crippen molar-refractivity contribution in [3.63, 3.8) is 0 Å². The fourth-order valence-corrected chi connectivity index (χ4v) is 3.18. The second kappa shape index (κ2) is 7.11. The number of para-hydroxylation sites is 1. The minimum absolute atomic E-state index is 0.462. The summed E-state index contributed by atoms with van der Waals surface area (Å²) < 4.78 is 0. The summed E-state index contributed by atoms with van der Waals surface area (Å²) in [5, 5.41) is 8.56. The van der Waals surface area contributed by atoms with Crippen molar-refractivity contribution in [2.24, 2.45) is 0 Å². The van der Waals surface area contributed by atoms with E-state index in [4.69, 9.17) is 11.6 Å². The summed E-state index contributed by atoms with van der Waals surface area (Å²) in [6.07, 6.45) is 0. The molecule has 1 N–H and O–H groups in total. The van der Waals surface area contributed by atoms with Gasteiger partial charge in [-0.15, -0.1) is 0 Å². The van der Waals surface area contributed by atoms with Crippen LogP contribution in [0.15, 0.2) is 35.0 Å². The average molecular weight is 309 g/mol. The van der Waals surface area contributed by atoms with E-state index in [0.717, 1.165) is 23.8 Å². The SMILES string of the molecule is CC(C)NCc1cccc(Cl)c1N(C)Cc1ccsc1. The van der Waals surface area contributed by atoms with Gasteiger partial charge in [-0.3, -0.25) is 0 Å². The van der Waals surface area contributed by atoms with Crippen LogP contribution in [0, 0.1) is 0 Å². The van der Waals surface area contributed by atoms with Crippen LogP contribution in [0.5, 0.6) is 0 Å². The molecule has 20 heavy (non-hydrogen) atoms. The molecule has 0 radical (unpaired) electrons. The fraction of sp³-hybridized carbons (Fsp3) is 0.375. The molecule has 0 bridgehead atoms. The highest BCUT2D eigenvalue weighted by Crippen LogP contribution is 2.30. The van der Waals surface area contributed by atoms with Crippen LogP contribution in [0.3, 0.4) is 0 Å². The molecule has 0 spiro atoms. The Kier molecular flexibility index (Phi) is 5.46. The lowest BCUT2D eigenvalue weighted by Gasteiger charge is -2.24. The van der Waals surface area contributed by atoms with Gasteiger partial charge in [0.05, 0.1) is 10.7 Å². The van der Waals surface area contributed by atoms with Crippen molar-refractivity contribution in [1.29, 1.82) is 0 Å². The zero-order valence-corrected chi connectivity index (χ0v) is 13.8. The minimum atomic E-state index is 0.462. The predicted octanol–water partition coefficient (Wildman–Crippen LogP) is 4.54. The molecule has 0 amide bonds. The maximum Gasteiger partial charge on any atom is 0.0642 e. The number of nitrogens with one attached hydrogen (secondary N) is 1. The van der Waals surface area contributed by atoms with Crippen molar-refractivity contribution in [2.75, 3.05) is 11.9 Å². The smallest absolute Gasteiger partial charge is 0.0642 e. The molecule has 4 heteroatoms. The van der Waals surface area contributed by atoms with Gasteiger partial charge < -0.3 is 10.2 Å². The normalized spacial score (nSPS) is 11.1. The Labute approximate surface area is 130 Å². The van der Waals surface area contributed by atoms with E-state index in [2.05, 4.69) is 54.0 Å². The summed E-state index contributed by atoms with van der Waals surface area (Å²) in [5.41, 5.74) is 3.68. The van der Waals surface area contributed by atoms with E-state index < -0.39 is 0 Å². The second-order valence-electron chi connectivity index (χ2n) is 5.27. The van der Waals surface area contributed by atoms with Gasteiger partial charge in [-0.05, 0) is 34.0 Å². The van der Waals surface area contributed by atoms with E-state index in [-0.39, 0.29) is 0 Å². The number of benzene rings is 1. The lowest BCUT2D eigenvalue weighted by atomic mass is 10.1. The van der Waals surface area contributed by atoms with Gasteiger partial charge in [0, 0.05) is 26.2 Å². The Morgan fingerprint density at radius 2 is 2.10 bits per heavy atom. The zero-order valence-electron chi connectivity index (χ0n) is 12.2. The molecule has 1 aromatic carbocycles. The van der Waals surface area contributed by atoms with Gasteiger partial charge in [-0.1, -0.05) is 37.6 Å². The van der Waals surface area contributed by atoms with Gasteiger partial charge in [0.15, 0.2) is 0 Å². The van der Waals surface area contributed by atoms with Gasteiger partial charge >= 0.3 is 0 Å². The number of anilines is 1. The first-order valence-electron chi connectivity index (χ1n) is 6.81. The summed E-state index contributed by atoms with van der Waals surface area (Å²) in [6, 6.07) is 8.73. The Morgan fingerprint density at radius 1 is 1.30 bits per heavy atom. The summed E-state index contributed by atoms with van der Waals surface area (Å²) >= 11 is 8.14. The molecule has 0 saturated heterocycles. The van der Waals surface area contributed by atoms with Crippen LogP contribution in [0.2, 0.25) is 5.02 Å². The van der Waals surface area contributed by atoms with Crippen LogP contribution < -0.4 is 10.2 Å². The predicted molar refractivity (Wildman–Crippen MR) is 89.9 cm³/mol. The maximum absolute atomic E-state index is 6.41. The van der Waals surface area contributed by atoms with Gasteiger partial charge in [-0.25, -0.2) is 0 Å². The molecule has 0 saturated carbocycles. The van der Waals surface area contributed by atoms with Crippen LogP contribution in [0.25, 0.3) is 0 Å². The van der Waals surface area contributed by atoms with E-state index in [1.165, 1.54) is 11.1 Å². The molecule has 2 aromatic rings. The van der Waals surface area contributed by atoms with Crippen molar-refractivity contribution in [3.05, 3.63) is 51.2 Å². The Morgan fingerprint density at radius 3 is 2.75 bits per heavy atom. The van der Waals surface area contributed by atoms with E-state index in [0.29, 0.717) is 6.04 Å². The second-order valence-corrected chi connectivity index (χ2v) is 6.46. The number of hydrogen-bond acceptors (Lipinski definition) is 3. The average Bonchev–Trinajstić information content (AvgIpc) is 2.88. The van der Waals surface area contributed by atoms with Crippen LogP contribution in [0.1, 0.15) is 25.0 Å². The van der Waals surface area contributed by atoms with Gasteiger partial charge in [0.25, 0.3) is 0 Å². The number of nitrogens with zero attached hydrogens (tertiary/aromatic N) is 1. The summed E-state index contributed by atoms with van der Waals surface area (Å²) in [7, 11) is 2.09. The van der Waals surface area contributed by atoms with E-state index in [9.17, 15) is 0 Å². The lowest BCUT2D eigenvalue weighted by Crippen LogP contribution is -2.24. The number of rotatable bonds is 6. The number of hydrogen-bond donors (Lipinski definition) is 1. The third-order valence-corrected chi connectivity index (χ3v) is 4.19. The standard InChI is InChI=1S/C16H21ClN2S/c1-12(2)18-9-14-5-4-6-15(17)16(14)19(3)10-13-7-8-20-11-13/h4-8,11-12,18H,9-10H2,1-3H3. The van der Waals surface area contributed by atoms with Crippen LogP contribution in [-0.2, 0) is 13.1 Å². The summed E-state index contributed by atoms with van der Waals surface area (Å²) in [6.45, 7) is 6.02. The molecular weight excluding hydrogens is 288 g/mol. The third-order valence-electron chi connectivity index (χ3n) is 3.15. The maximum atomic E-state index is 6.41. The first-order chi connectivity index (χ1) is 9.58. The van der Waals surface area contributed by atoms with Crippen molar-refractivity contribution in [1.82, 2.24) is 5.32 Å². The van der Waals surface area contributed by atoms with Gasteiger partial charge in [-0.2, -0.15) is 11.3 Å². The van der Waals surface area contributed by atoms with Crippen molar-refractivity contribution >= 4 is 28.6 Å².